The van der Waals surface area contributed by atoms with Gasteiger partial charge < -0.3 is 20.0 Å². The van der Waals surface area contributed by atoms with Gasteiger partial charge in [-0.05, 0) is 49.4 Å². The van der Waals surface area contributed by atoms with Crippen LogP contribution in [0.2, 0.25) is 10.0 Å². The second-order valence-corrected chi connectivity index (χ2v) is 10.1. The minimum Gasteiger partial charge on any atom is -0.421 e. The van der Waals surface area contributed by atoms with Crippen molar-refractivity contribution in [2.45, 2.75) is 32.2 Å². The number of benzene rings is 1. The Morgan fingerprint density at radius 3 is 2.97 bits per heavy atom. The first-order valence-corrected chi connectivity index (χ1v) is 11.7. The summed E-state index contributed by atoms with van der Waals surface area (Å²) >= 11 is 12.7. The Bertz CT molecular complexity index is 1260. The maximum Gasteiger partial charge on any atom is 0.293 e. The number of amides is 1. The van der Waals surface area contributed by atoms with Crippen LogP contribution in [0.5, 0.6) is 0 Å². The number of anilines is 2. The summed E-state index contributed by atoms with van der Waals surface area (Å²) in [5.74, 6) is 0.269. The lowest BCUT2D eigenvalue weighted by Crippen LogP contribution is -2.41. The molecule has 166 valence electrons. The third kappa shape index (κ3) is 2.98. The number of hydrogen-bond acceptors (Lipinski definition) is 6. The lowest BCUT2D eigenvalue weighted by Gasteiger charge is -2.36. The lowest BCUT2D eigenvalue weighted by molar-refractivity contribution is -0.136. The van der Waals surface area contributed by atoms with E-state index in [2.05, 4.69) is 21.8 Å². The molecule has 6 rings (SSSR count). The van der Waals surface area contributed by atoms with Crippen molar-refractivity contribution in [2.75, 3.05) is 30.3 Å². The summed E-state index contributed by atoms with van der Waals surface area (Å²) in [4.78, 5) is 26.3. The van der Waals surface area contributed by atoms with Gasteiger partial charge in [-0.3, -0.25) is 9.78 Å². The van der Waals surface area contributed by atoms with E-state index in [1.54, 1.807) is 18.5 Å². The van der Waals surface area contributed by atoms with Gasteiger partial charge in [0.15, 0.2) is 5.58 Å². The molecule has 9 heteroatoms. The van der Waals surface area contributed by atoms with E-state index in [1.807, 2.05) is 11.0 Å². The van der Waals surface area contributed by atoms with E-state index in [4.69, 9.17) is 33.4 Å². The van der Waals surface area contributed by atoms with Gasteiger partial charge in [0.1, 0.15) is 11.2 Å². The molecular formula is C23H23Cl2N5O2. The van der Waals surface area contributed by atoms with Crippen molar-refractivity contribution >= 4 is 51.9 Å². The number of pyridine rings is 1. The van der Waals surface area contributed by atoms with Crippen LogP contribution in [0, 0.1) is 11.3 Å². The van der Waals surface area contributed by atoms with E-state index in [9.17, 15) is 4.79 Å². The fraction of sp³-hybridized carbons (Fsp3) is 0.435. The van der Waals surface area contributed by atoms with Crippen molar-refractivity contribution in [1.29, 1.82) is 0 Å². The topological polar surface area (TPSA) is 88.5 Å². The first-order chi connectivity index (χ1) is 15.4. The van der Waals surface area contributed by atoms with Gasteiger partial charge >= 0.3 is 0 Å². The van der Waals surface area contributed by atoms with E-state index < -0.39 is 0 Å². The van der Waals surface area contributed by atoms with Crippen molar-refractivity contribution < 1.29 is 9.21 Å². The number of nitrogens with two attached hydrogens (primary N) is 1. The molecule has 0 unspecified atom stereocenters. The molecule has 3 aliphatic rings. The van der Waals surface area contributed by atoms with Crippen LogP contribution in [0.1, 0.15) is 36.9 Å². The SMILES string of the molecule is C[C@H]1c2c(Cl)cc(Cl)cc2CCN1C(=O)[C@@H]1C[C@@]12CCN(c1cncc3nc(N)oc13)C2. The predicted octanol–water partition coefficient (Wildman–Crippen LogP) is 4.47. The minimum atomic E-state index is -0.0544. The first-order valence-electron chi connectivity index (χ1n) is 10.9. The van der Waals surface area contributed by atoms with Crippen molar-refractivity contribution in [1.82, 2.24) is 14.9 Å². The minimum absolute atomic E-state index is 0.00853. The molecule has 1 amide bonds. The quantitative estimate of drug-likeness (QED) is 0.592. The number of aromatic nitrogens is 2. The van der Waals surface area contributed by atoms with Crippen molar-refractivity contribution in [3.63, 3.8) is 0 Å². The highest BCUT2D eigenvalue weighted by atomic mass is 35.5. The number of hydrogen-bond donors (Lipinski definition) is 1. The van der Waals surface area contributed by atoms with Gasteiger partial charge in [0.2, 0.25) is 5.91 Å². The Labute approximate surface area is 195 Å². The fourth-order valence-electron chi connectivity index (χ4n) is 5.74. The molecule has 1 spiro atoms. The normalized spacial score (nSPS) is 26.7. The molecule has 2 fully saturated rings. The molecule has 32 heavy (non-hydrogen) atoms. The number of carbonyl (C=O) groups excluding carboxylic acids is 1. The molecule has 0 radical (unpaired) electrons. The standard InChI is InChI=1S/C23H23Cl2N5O2/c1-12-19-13(6-14(24)7-16(19)25)2-4-30(12)21(31)15-8-23(15)3-5-29(11-23)18-10-27-9-17-20(18)32-22(26)28-17/h6-7,9-10,12,15H,2-5,8,11H2,1H3,(H2,26,28)/t12-,15-,23+/m0/s1. The zero-order chi connectivity index (χ0) is 22.2. The predicted molar refractivity (Wildman–Crippen MR) is 124 cm³/mol. The Hall–Kier alpha value is -2.51. The summed E-state index contributed by atoms with van der Waals surface area (Å²) in [5.41, 5.74) is 10.1. The number of nitrogen functional groups attached to an aromatic ring is 1. The molecule has 1 saturated carbocycles. The molecule has 1 aromatic carbocycles. The number of carbonyl (C=O) groups is 1. The maximum atomic E-state index is 13.6. The first kappa shape index (κ1) is 20.1. The molecular weight excluding hydrogens is 449 g/mol. The smallest absolute Gasteiger partial charge is 0.293 e. The van der Waals surface area contributed by atoms with Crippen molar-refractivity contribution in [3.8, 4) is 0 Å². The zero-order valence-corrected chi connectivity index (χ0v) is 19.2. The summed E-state index contributed by atoms with van der Waals surface area (Å²) in [7, 11) is 0. The molecule has 1 aliphatic carbocycles. The number of nitrogens with zero attached hydrogens (tertiary/aromatic N) is 4. The molecule has 2 aromatic heterocycles. The van der Waals surface area contributed by atoms with Gasteiger partial charge in [-0.1, -0.05) is 23.2 Å². The van der Waals surface area contributed by atoms with Crippen LogP contribution < -0.4 is 10.6 Å². The van der Waals surface area contributed by atoms with E-state index >= 15 is 0 Å². The van der Waals surface area contributed by atoms with Crippen LogP contribution in [-0.4, -0.2) is 40.4 Å². The lowest BCUT2D eigenvalue weighted by atomic mass is 9.92. The van der Waals surface area contributed by atoms with Gasteiger partial charge in [-0.25, -0.2) is 0 Å². The van der Waals surface area contributed by atoms with E-state index in [-0.39, 0.29) is 29.3 Å². The van der Waals surface area contributed by atoms with Crippen LogP contribution in [0.3, 0.4) is 0 Å². The number of rotatable bonds is 2. The van der Waals surface area contributed by atoms with E-state index in [1.165, 1.54) is 0 Å². The Morgan fingerprint density at radius 1 is 1.28 bits per heavy atom. The van der Waals surface area contributed by atoms with E-state index in [0.29, 0.717) is 27.7 Å². The summed E-state index contributed by atoms with van der Waals surface area (Å²) < 4.78 is 5.62. The second kappa shape index (κ2) is 6.99. The maximum absolute atomic E-state index is 13.6. The monoisotopic (exact) mass is 471 g/mol. The van der Waals surface area contributed by atoms with Crippen LogP contribution in [0.4, 0.5) is 11.7 Å². The Balaban J connectivity index is 1.21. The third-order valence-electron chi connectivity index (χ3n) is 7.48. The Morgan fingerprint density at radius 2 is 2.12 bits per heavy atom. The molecule has 3 atom stereocenters. The van der Waals surface area contributed by atoms with Crippen LogP contribution in [0.15, 0.2) is 28.9 Å². The van der Waals surface area contributed by atoms with Gasteiger partial charge in [0.25, 0.3) is 6.01 Å². The van der Waals surface area contributed by atoms with Crippen molar-refractivity contribution in [3.05, 3.63) is 45.7 Å². The van der Waals surface area contributed by atoms with Crippen LogP contribution >= 0.6 is 23.2 Å². The van der Waals surface area contributed by atoms with E-state index in [0.717, 1.165) is 49.2 Å². The van der Waals surface area contributed by atoms with Crippen LogP contribution in [-0.2, 0) is 11.2 Å². The zero-order valence-electron chi connectivity index (χ0n) is 17.6. The number of halogens is 2. The van der Waals surface area contributed by atoms with Gasteiger partial charge in [-0.15, -0.1) is 0 Å². The highest BCUT2D eigenvalue weighted by molar-refractivity contribution is 6.35. The average Bonchev–Trinajstić information content (AvgIpc) is 3.06. The highest BCUT2D eigenvalue weighted by Gasteiger charge is 2.62. The summed E-state index contributed by atoms with van der Waals surface area (Å²) in [6.07, 6.45) is 6.11. The molecule has 0 bridgehead atoms. The number of fused-ring (bicyclic) bond motifs is 2. The third-order valence-corrected chi connectivity index (χ3v) is 8.01. The van der Waals surface area contributed by atoms with Gasteiger partial charge in [0.05, 0.1) is 18.4 Å². The molecule has 4 heterocycles. The summed E-state index contributed by atoms with van der Waals surface area (Å²) in [5, 5.41) is 1.29. The summed E-state index contributed by atoms with van der Waals surface area (Å²) in [6, 6.07) is 3.83. The largest absolute Gasteiger partial charge is 0.421 e. The fourth-order valence-corrected chi connectivity index (χ4v) is 6.43. The average molecular weight is 472 g/mol. The highest BCUT2D eigenvalue weighted by Crippen LogP contribution is 2.60. The Kier molecular flexibility index (Phi) is 4.40. The second-order valence-electron chi connectivity index (χ2n) is 9.27. The molecule has 1 saturated heterocycles. The number of oxazole rings is 1. The molecule has 2 N–H and O–H groups in total. The summed E-state index contributed by atoms with van der Waals surface area (Å²) in [6.45, 7) is 4.42. The van der Waals surface area contributed by atoms with Crippen LogP contribution in [0.25, 0.3) is 11.1 Å². The van der Waals surface area contributed by atoms with Gasteiger partial charge in [-0.2, -0.15) is 4.98 Å². The molecule has 3 aromatic rings. The molecule has 7 nitrogen and oxygen atoms in total. The molecule has 2 aliphatic heterocycles. The van der Waals surface area contributed by atoms with Gasteiger partial charge in [0, 0.05) is 41.0 Å². The van der Waals surface area contributed by atoms with Crippen molar-refractivity contribution in [2.24, 2.45) is 11.3 Å².